The van der Waals surface area contributed by atoms with Gasteiger partial charge in [-0.15, -0.1) is 0 Å². The molecule has 2 amide bonds. The van der Waals surface area contributed by atoms with Crippen LogP contribution in [-0.4, -0.2) is 21.8 Å². The van der Waals surface area contributed by atoms with Gasteiger partial charge in [-0.3, -0.25) is 14.6 Å². The maximum atomic E-state index is 12.9. The number of carbonyl (C=O) groups excluding carboxylic acids is 2. The predicted molar refractivity (Wildman–Crippen MR) is 130 cm³/mol. The fraction of sp³-hybridized carbons (Fsp3) is 0.160. The Hall–Kier alpha value is -4.09. The monoisotopic (exact) mass is 455 g/mol. The number of rotatable bonds is 5. The average Bonchev–Trinajstić information content (AvgIpc) is 3.22. The molecule has 7 nitrogen and oxygen atoms in total. The summed E-state index contributed by atoms with van der Waals surface area (Å²) in [7, 11) is 0. The van der Waals surface area contributed by atoms with Crippen LogP contribution in [0.4, 0.5) is 10.7 Å². The number of nitriles is 1. The molecule has 8 heteroatoms. The van der Waals surface area contributed by atoms with Crippen LogP contribution in [0, 0.1) is 18.3 Å². The van der Waals surface area contributed by atoms with Crippen molar-refractivity contribution < 1.29 is 9.59 Å². The number of benzene rings is 2. The quantitative estimate of drug-likeness (QED) is 0.424. The molecule has 0 saturated heterocycles. The number of hydrogen-bond donors (Lipinski definition) is 2. The van der Waals surface area contributed by atoms with Crippen molar-refractivity contribution in [2.45, 2.75) is 26.2 Å². The Morgan fingerprint density at radius 1 is 1.00 bits per heavy atom. The number of amides is 2. The summed E-state index contributed by atoms with van der Waals surface area (Å²) >= 11 is 1.35. The van der Waals surface area contributed by atoms with E-state index in [0.717, 1.165) is 21.5 Å². The molecule has 4 rings (SSSR count). The van der Waals surface area contributed by atoms with Crippen LogP contribution in [0.25, 0.3) is 10.3 Å². The molecule has 33 heavy (non-hydrogen) atoms. The summed E-state index contributed by atoms with van der Waals surface area (Å²) in [5.41, 5.74) is 2.94. The molecular weight excluding hydrogens is 434 g/mol. The van der Waals surface area contributed by atoms with Gasteiger partial charge in [0, 0.05) is 35.3 Å². The van der Waals surface area contributed by atoms with Gasteiger partial charge in [-0.1, -0.05) is 29.5 Å². The first-order chi connectivity index (χ1) is 15.8. The first kappa shape index (κ1) is 22.1. The first-order valence-electron chi connectivity index (χ1n) is 10.2. The maximum absolute atomic E-state index is 12.9. The van der Waals surface area contributed by atoms with Crippen molar-refractivity contribution in [3.63, 3.8) is 0 Å². The van der Waals surface area contributed by atoms with Crippen LogP contribution >= 0.6 is 11.3 Å². The summed E-state index contributed by atoms with van der Waals surface area (Å²) in [6.45, 7) is 5.44. The largest absolute Gasteiger partial charge is 0.322 e. The molecule has 0 aliphatic rings. The van der Waals surface area contributed by atoms with Crippen molar-refractivity contribution in [3.8, 4) is 6.07 Å². The molecule has 4 aromatic rings. The highest BCUT2D eigenvalue weighted by Gasteiger charge is 2.21. The van der Waals surface area contributed by atoms with E-state index in [1.54, 1.807) is 68.7 Å². The van der Waals surface area contributed by atoms with Crippen LogP contribution in [0.2, 0.25) is 0 Å². The second kappa shape index (κ2) is 8.81. The number of anilines is 2. The smallest absolute Gasteiger partial charge is 0.256 e. The number of nitrogens with zero attached hydrogens (tertiary/aromatic N) is 3. The van der Waals surface area contributed by atoms with Gasteiger partial charge in [0.15, 0.2) is 0 Å². The number of aromatic nitrogens is 2. The van der Waals surface area contributed by atoms with Crippen LogP contribution in [0.1, 0.15) is 45.7 Å². The third kappa shape index (κ3) is 4.73. The van der Waals surface area contributed by atoms with Crippen LogP contribution in [0.3, 0.4) is 0 Å². The second-order valence-electron chi connectivity index (χ2n) is 8.11. The van der Waals surface area contributed by atoms with Crippen molar-refractivity contribution in [1.29, 1.82) is 5.26 Å². The summed E-state index contributed by atoms with van der Waals surface area (Å²) in [6.07, 6.45) is 3.21. The highest BCUT2D eigenvalue weighted by molar-refractivity contribution is 7.22. The van der Waals surface area contributed by atoms with E-state index in [0.29, 0.717) is 21.8 Å². The Balaban J connectivity index is 1.53. The molecule has 2 N–H and O–H groups in total. The first-order valence-corrected chi connectivity index (χ1v) is 11.0. The van der Waals surface area contributed by atoms with E-state index in [1.165, 1.54) is 11.3 Å². The van der Waals surface area contributed by atoms with E-state index < -0.39 is 5.41 Å². The van der Waals surface area contributed by atoms with Gasteiger partial charge in [0.05, 0.1) is 16.5 Å². The zero-order valence-corrected chi connectivity index (χ0v) is 19.2. The van der Waals surface area contributed by atoms with Crippen molar-refractivity contribution in [3.05, 3.63) is 83.2 Å². The van der Waals surface area contributed by atoms with Gasteiger partial charge in [-0.25, -0.2) is 4.98 Å². The average molecular weight is 456 g/mol. The number of carbonyl (C=O) groups is 2. The van der Waals surface area contributed by atoms with Gasteiger partial charge in [0.2, 0.25) is 0 Å². The fourth-order valence-electron chi connectivity index (χ4n) is 3.27. The fourth-order valence-corrected chi connectivity index (χ4v) is 4.13. The SMILES string of the molecule is Cc1ccc(NC(=O)c2cccc(C(C)(C)C#N)c2)cc1C(=O)Nc1cc2nccnc2s1. The van der Waals surface area contributed by atoms with Crippen LogP contribution in [-0.2, 0) is 5.41 Å². The van der Waals surface area contributed by atoms with Gasteiger partial charge in [-0.05, 0) is 56.2 Å². The van der Waals surface area contributed by atoms with Crippen LogP contribution < -0.4 is 10.6 Å². The minimum absolute atomic E-state index is 0.284. The molecule has 0 aliphatic heterocycles. The Kier molecular flexibility index (Phi) is 5.90. The molecule has 0 atom stereocenters. The molecule has 164 valence electrons. The minimum atomic E-state index is -0.705. The number of nitrogens with one attached hydrogen (secondary N) is 2. The van der Waals surface area contributed by atoms with Crippen LogP contribution in [0.15, 0.2) is 60.9 Å². The van der Waals surface area contributed by atoms with E-state index in [2.05, 4.69) is 26.7 Å². The lowest BCUT2D eigenvalue weighted by molar-refractivity contribution is 0.101. The second-order valence-corrected chi connectivity index (χ2v) is 9.14. The zero-order chi connectivity index (χ0) is 23.6. The Morgan fingerprint density at radius 2 is 1.79 bits per heavy atom. The number of aryl methyl sites for hydroxylation is 1. The van der Waals surface area contributed by atoms with Crippen molar-refractivity contribution in [2.75, 3.05) is 10.6 Å². The third-order valence-electron chi connectivity index (χ3n) is 5.27. The molecule has 0 spiro atoms. The van der Waals surface area contributed by atoms with Gasteiger partial charge in [0.25, 0.3) is 11.8 Å². The zero-order valence-electron chi connectivity index (χ0n) is 18.3. The van der Waals surface area contributed by atoms with Crippen LogP contribution in [0.5, 0.6) is 0 Å². The van der Waals surface area contributed by atoms with E-state index in [1.807, 2.05) is 13.0 Å². The normalized spacial score (nSPS) is 11.1. The van der Waals surface area contributed by atoms with Crippen molar-refractivity contribution in [2.24, 2.45) is 0 Å². The third-order valence-corrected chi connectivity index (χ3v) is 6.22. The van der Waals surface area contributed by atoms with E-state index in [-0.39, 0.29) is 11.8 Å². The van der Waals surface area contributed by atoms with Crippen molar-refractivity contribution in [1.82, 2.24) is 9.97 Å². The molecule has 0 bridgehead atoms. The van der Waals surface area contributed by atoms with Gasteiger partial charge >= 0.3 is 0 Å². The summed E-state index contributed by atoms with van der Waals surface area (Å²) in [6, 6.07) is 16.2. The van der Waals surface area contributed by atoms with Gasteiger partial charge < -0.3 is 10.6 Å². The van der Waals surface area contributed by atoms with E-state index >= 15 is 0 Å². The van der Waals surface area contributed by atoms with Crippen molar-refractivity contribution >= 4 is 44.2 Å². The molecule has 2 aromatic carbocycles. The molecule has 0 aliphatic carbocycles. The molecule has 0 saturated carbocycles. The molecule has 0 radical (unpaired) electrons. The van der Waals surface area contributed by atoms with Gasteiger partial charge in [0.1, 0.15) is 10.3 Å². The Morgan fingerprint density at radius 3 is 2.55 bits per heavy atom. The standard InChI is InChI=1S/C25H21N5O2S/c1-15-7-8-18(29-22(31)16-5-4-6-17(11-16)25(2,3)14-26)12-19(15)23(32)30-21-13-20-24(33-21)28-10-9-27-20/h4-13H,1-3H3,(H,29,31)(H,30,32). The number of fused-ring (bicyclic) bond motifs is 1. The summed E-state index contributed by atoms with van der Waals surface area (Å²) in [5.74, 6) is -0.602. The summed E-state index contributed by atoms with van der Waals surface area (Å²) in [5, 5.41) is 15.7. The lowest BCUT2D eigenvalue weighted by Crippen LogP contribution is -2.17. The topological polar surface area (TPSA) is 108 Å². The molecule has 2 aromatic heterocycles. The highest BCUT2D eigenvalue weighted by atomic mass is 32.1. The van der Waals surface area contributed by atoms with E-state index in [9.17, 15) is 14.9 Å². The minimum Gasteiger partial charge on any atom is -0.322 e. The van der Waals surface area contributed by atoms with E-state index in [4.69, 9.17) is 0 Å². The molecule has 0 unspecified atom stereocenters. The molecular formula is C25H21N5O2S. The molecule has 2 heterocycles. The molecule has 0 fully saturated rings. The van der Waals surface area contributed by atoms with Gasteiger partial charge in [-0.2, -0.15) is 5.26 Å². The summed E-state index contributed by atoms with van der Waals surface area (Å²) < 4.78 is 0. The highest BCUT2D eigenvalue weighted by Crippen LogP contribution is 2.28. The number of thiophene rings is 1. The number of hydrogen-bond acceptors (Lipinski definition) is 6. The Bertz CT molecular complexity index is 1380. The Labute approximate surface area is 195 Å². The lowest BCUT2D eigenvalue weighted by atomic mass is 9.85. The summed E-state index contributed by atoms with van der Waals surface area (Å²) in [4.78, 5) is 35.0. The maximum Gasteiger partial charge on any atom is 0.256 e. The predicted octanol–water partition coefficient (Wildman–Crippen LogP) is 5.31. The lowest BCUT2D eigenvalue weighted by Gasteiger charge is -2.16.